The van der Waals surface area contributed by atoms with E-state index in [2.05, 4.69) is 12.2 Å². The summed E-state index contributed by atoms with van der Waals surface area (Å²) in [6.45, 7) is 2.16. The molecule has 1 aromatic rings. The van der Waals surface area contributed by atoms with Gasteiger partial charge in [-0.25, -0.2) is 0 Å². The Balaban J connectivity index is 2.36. The first-order valence-corrected chi connectivity index (χ1v) is 7.76. The molecule has 116 valence electrons. The highest BCUT2D eigenvalue weighted by Crippen LogP contribution is 2.06. The molecule has 0 bridgehead atoms. The summed E-state index contributed by atoms with van der Waals surface area (Å²) in [7, 11) is 0. The first-order valence-electron chi connectivity index (χ1n) is 7.76. The summed E-state index contributed by atoms with van der Waals surface area (Å²) in [4.78, 5) is 23.3. The molecule has 4 heteroatoms. The van der Waals surface area contributed by atoms with Crippen LogP contribution in [-0.2, 0) is 16.0 Å². The highest BCUT2D eigenvalue weighted by Gasteiger charge is 2.18. The third-order valence-electron chi connectivity index (χ3n) is 3.47. The number of hydrogen-bond acceptors (Lipinski definition) is 2. The minimum Gasteiger partial charge on any atom is -0.368 e. The van der Waals surface area contributed by atoms with E-state index >= 15 is 0 Å². The van der Waals surface area contributed by atoms with Crippen molar-refractivity contribution in [2.24, 2.45) is 5.73 Å². The van der Waals surface area contributed by atoms with Crippen molar-refractivity contribution in [3.8, 4) is 0 Å². The molecule has 0 fully saturated rings. The van der Waals surface area contributed by atoms with Crippen molar-refractivity contribution in [3.63, 3.8) is 0 Å². The smallest absolute Gasteiger partial charge is 0.240 e. The third-order valence-corrected chi connectivity index (χ3v) is 3.47. The van der Waals surface area contributed by atoms with Gasteiger partial charge in [-0.05, 0) is 12.0 Å². The van der Waals surface area contributed by atoms with Crippen LogP contribution in [0.3, 0.4) is 0 Å². The van der Waals surface area contributed by atoms with Crippen molar-refractivity contribution >= 4 is 11.8 Å². The van der Waals surface area contributed by atoms with Crippen molar-refractivity contribution in [1.29, 1.82) is 0 Å². The number of benzene rings is 1. The average Bonchev–Trinajstić information content (AvgIpc) is 2.47. The molecule has 4 nitrogen and oxygen atoms in total. The van der Waals surface area contributed by atoms with Gasteiger partial charge in [0.1, 0.15) is 6.04 Å². The minimum atomic E-state index is -0.629. The van der Waals surface area contributed by atoms with E-state index in [4.69, 9.17) is 5.73 Å². The van der Waals surface area contributed by atoms with Gasteiger partial charge in [0, 0.05) is 12.8 Å². The Bertz CT molecular complexity index is 432. The van der Waals surface area contributed by atoms with Gasteiger partial charge >= 0.3 is 0 Å². The molecule has 2 amide bonds. The molecule has 1 rings (SSSR count). The molecule has 3 N–H and O–H groups in total. The summed E-state index contributed by atoms with van der Waals surface area (Å²) in [5.74, 6) is -0.579. The van der Waals surface area contributed by atoms with Crippen molar-refractivity contribution in [1.82, 2.24) is 5.32 Å². The molecular formula is C17H26N2O2. The highest BCUT2D eigenvalue weighted by atomic mass is 16.2. The van der Waals surface area contributed by atoms with E-state index in [0.29, 0.717) is 12.8 Å². The van der Waals surface area contributed by atoms with Gasteiger partial charge in [0.15, 0.2) is 0 Å². The van der Waals surface area contributed by atoms with Crippen molar-refractivity contribution in [2.75, 3.05) is 0 Å². The quantitative estimate of drug-likeness (QED) is 0.650. The molecule has 0 aromatic heterocycles. The maximum Gasteiger partial charge on any atom is 0.240 e. The number of rotatable bonds is 10. The van der Waals surface area contributed by atoms with Crippen LogP contribution >= 0.6 is 0 Å². The van der Waals surface area contributed by atoms with E-state index in [1.54, 1.807) is 0 Å². The number of hydrogen-bond donors (Lipinski definition) is 2. The second kappa shape index (κ2) is 9.97. The fourth-order valence-electron chi connectivity index (χ4n) is 2.23. The van der Waals surface area contributed by atoms with Crippen LogP contribution in [0.2, 0.25) is 0 Å². The zero-order chi connectivity index (χ0) is 15.5. The largest absolute Gasteiger partial charge is 0.368 e. The van der Waals surface area contributed by atoms with Crippen LogP contribution in [-0.4, -0.2) is 17.9 Å². The van der Waals surface area contributed by atoms with Crippen LogP contribution in [0.15, 0.2) is 30.3 Å². The zero-order valence-electron chi connectivity index (χ0n) is 12.8. The number of unbranched alkanes of at least 4 members (excludes halogenated alkanes) is 4. The second-order valence-electron chi connectivity index (χ2n) is 5.38. The molecule has 0 spiro atoms. The summed E-state index contributed by atoms with van der Waals surface area (Å²) >= 11 is 0. The number of nitrogens with two attached hydrogens (primary N) is 1. The van der Waals surface area contributed by atoms with Gasteiger partial charge in [-0.1, -0.05) is 62.9 Å². The van der Waals surface area contributed by atoms with Gasteiger partial charge < -0.3 is 11.1 Å². The van der Waals surface area contributed by atoms with E-state index < -0.39 is 11.9 Å². The standard InChI is InChI=1S/C17H26N2O2/c1-2-3-4-5-9-12-16(20)19-15(17(18)21)13-14-10-7-6-8-11-14/h6-8,10-11,15H,2-5,9,12-13H2,1H3,(H2,18,21)(H,19,20)/t15-/m0/s1. The molecule has 0 radical (unpaired) electrons. The van der Waals surface area contributed by atoms with E-state index in [9.17, 15) is 9.59 Å². The summed E-state index contributed by atoms with van der Waals surface area (Å²) < 4.78 is 0. The lowest BCUT2D eigenvalue weighted by Gasteiger charge is -2.15. The fraction of sp³-hybridized carbons (Fsp3) is 0.529. The van der Waals surface area contributed by atoms with Crippen molar-refractivity contribution in [3.05, 3.63) is 35.9 Å². The SMILES string of the molecule is CCCCCCCC(=O)N[C@@H](Cc1ccccc1)C(N)=O. The average molecular weight is 290 g/mol. The number of nitrogens with one attached hydrogen (secondary N) is 1. The monoisotopic (exact) mass is 290 g/mol. The lowest BCUT2D eigenvalue weighted by Crippen LogP contribution is -2.45. The predicted molar refractivity (Wildman–Crippen MR) is 84.6 cm³/mol. The minimum absolute atomic E-state index is 0.0915. The second-order valence-corrected chi connectivity index (χ2v) is 5.38. The van der Waals surface area contributed by atoms with Crippen LogP contribution in [0.1, 0.15) is 51.0 Å². The molecule has 0 aliphatic carbocycles. The summed E-state index contributed by atoms with van der Waals surface area (Å²) in [6, 6.07) is 8.94. The van der Waals surface area contributed by atoms with Gasteiger partial charge in [-0.15, -0.1) is 0 Å². The Hall–Kier alpha value is -1.84. The number of carbonyl (C=O) groups is 2. The lowest BCUT2D eigenvalue weighted by atomic mass is 10.0. The molecule has 0 heterocycles. The Kier molecular flexibility index (Phi) is 8.17. The van der Waals surface area contributed by atoms with Gasteiger partial charge in [0.05, 0.1) is 0 Å². The Labute approximate surface area is 127 Å². The number of primary amides is 1. The number of carbonyl (C=O) groups excluding carboxylic acids is 2. The van der Waals surface area contributed by atoms with Crippen LogP contribution in [0, 0.1) is 0 Å². The van der Waals surface area contributed by atoms with E-state index in [0.717, 1.165) is 24.8 Å². The lowest BCUT2D eigenvalue weighted by molar-refractivity contribution is -0.127. The summed E-state index contributed by atoms with van der Waals surface area (Å²) in [5.41, 5.74) is 6.36. The zero-order valence-corrected chi connectivity index (χ0v) is 12.8. The topological polar surface area (TPSA) is 72.2 Å². The van der Waals surface area contributed by atoms with Gasteiger partial charge in [-0.3, -0.25) is 9.59 Å². The maximum atomic E-state index is 11.9. The van der Waals surface area contributed by atoms with Crippen molar-refractivity contribution in [2.45, 2.75) is 57.9 Å². The molecule has 0 unspecified atom stereocenters. The Morgan fingerprint density at radius 3 is 2.38 bits per heavy atom. The van der Waals surface area contributed by atoms with E-state index in [1.807, 2.05) is 30.3 Å². The highest BCUT2D eigenvalue weighted by molar-refractivity contribution is 5.86. The molecule has 21 heavy (non-hydrogen) atoms. The van der Waals surface area contributed by atoms with Crippen LogP contribution in [0.5, 0.6) is 0 Å². The van der Waals surface area contributed by atoms with E-state index in [1.165, 1.54) is 12.8 Å². The van der Waals surface area contributed by atoms with Crippen LogP contribution in [0.4, 0.5) is 0 Å². The third kappa shape index (κ3) is 7.49. The summed E-state index contributed by atoms with van der Waals surface area (Å²) in [6.07, 6.45) is 6.38. The molecule has 1 aromatic carbocycles. The summed E-state index contributed by atoms with van der Waals surface area (Å²) in [5, 5.41) is 2.74. The predicted octanol–water partition coefficient (Wildman–Crippen LogP) is 2.56. The fourth-order valence-corrected chi connectivity index (χ4v) is 2.23. The first-order chi connectivity index (χ1) is 10.1. The molecule has 1 atom stereocenters. The van der Waals surface area contributed by atoms with Crippen LogP contribution < -0.4 is 11.1 Å². The number of amides is 2. The molecule has 0 aliphatic rings. The molecule has 0 aliphatic heterocycles. The van der Waals surface area contributed by atoms with Gasteiger partial charge in [-0.2, -0.15) is 0 Å². The Morgan fingerprint density at radius 1 is 1.10 bits per heavy atom. The van der Waals surface area contributed by atoms with Crippen molar-refractivity contribution < 1.29 is 9.59 Å². The van der Waals surface area contributed by atoms with Gasteiger partial charge in [0.2, 0.25) is 11.8 Å². The normalized spacial score (nSPS) is 11.9. The molecule has 0 saturated heterocycles. The molecular weight excluding hydrogens is 264 g/mol. The molecule has 0 saturated carbocycles. The van der Waals surface area contributed by atoms with Crippen LogP contribution in [0.25, 0.3) is 0 Å². The maximum absolute atomic E-state index is 11.9. The van der Waals surface area contributed by atoms with E-state index in [-0.39, 0.29) is 5.91 Å². The van der Waals surface area contributed by atoms with Gasteiger partial charge in [0.25, 0.3) is 0 Å². The Morgan fingerprint density at radius 2 is 1.76 bits per heavy atom. The first kappa shape index (κ1) is 17.2.